The molecule has 1 aromatic carbocycles. The van der Waals surface area contributed by atoms with Gasteiger partial charge in [-0.2, -0.15) is 18.3 Å². The van der Waals surface area contributed by atoms with Crippen LogP contribution in [0.4, 0.5) is 17.6 Å². The normalized spacial score (nSPS) is 16.5. The van der Waals surface area contributed by atoms with Gasteiger partial charge in [-0.1, -0.05) is 30.3 Å². The second kappa shape index (κ2) is 7.62. The van der Waals surface area contributed by atoms with Crippen LogP contribution in [-0.2, 0) is 0 Å². The van der Waals surface area contributed by atoms with Gasteiger partial charge in [0.1, 0.15) is 5.71 Å². The lowest BCUT2D eigenvalue weighted by atomic mass is 10.0. The number of nitrogens with zero attached hydrogens (tertiary/aromatic N) is 3. The van der Waals surface area contributed by atoms with E-state index in [0.29, 0.717) is 6.29 Å². The molecule has 126 valence electrons. The average molecular weight is 340 g/mol. The molecule has 1 atom stereocenters. The number of hydrogen-bond donors (Lipinski definition) is 1. The Kier molecular flexibility index (Phi) is 5.56. The number of benzene rings is 1. The van der Waals surface area contributed by atoms with Gasteiger partial charge in [0, 0.05) is 6.42 Å². The number of hydrazone groups is 1. The molecule has 1 aliphatic heterocycles. The van der Waals surface area contributed by atoms with Crippen molar-refractivity contribution >= 4 is 12.0 Å². The molecule has 2 aromatic rings. The molecule has 0 bridgehead atoms. The van der Waals surface area contributed by atoms with Gasteiger partial charge in [0.05, 0.1) is 18.4 Å². The monoisotopic (exact) mass is 340 g/mol. The van der Waals surface area contributed by atoms with E-state index in [-0.39, 0.29) is 18.3 Å². The predicted octanol–water partition coefficient (Wildman–Crippen LogP) is 3.07. The van der Waals surface area contributed by atoms with Crippen LogP contribution in [0.5, 0.6) is 0 Å². The number of halogens is 4. The van der Waals surface area contributed by atoms with Gasteiger partial charge in [-0.15, -0.1) is 0 Å². The second-order valence-corrected chi connectivity index (χ2v) is 4.73. The molecule has 1 aromatic heterocycles. The summed E-state index contributed by atoms with van der Waals surface area (Å²) in [5.74, 6) is -0.544. The van der Waals surface area contributed by atoms with Gasteiger partial charge in [0.2, 0.25) is 0 Å². The number of nitrogens with one attached hydrogen (secondary N) is 1. The van der Waals surface area contributed by atoms with Crippen LogP contribution in [-0.4, -0.2) is 28.1 Å². The number of aldehydes is 1. The molecule has 24 heavy (non-hydrogen) atoms. The topological polar surface area (TPSA) is 67.2 Å². The van der Waals surface area contributed by atoms with E-state index in [0.717, 1.165) is 18.0 Å². The largest absolute Gasteiger partial charge is 0.431 e. The van der Waals surface area contributed by atoms with Gasteiger partial charge in [0.15, 0.2) is 17.9 Å². The predicted molar refractivity (Wildman–Crippen MR) is 77.8 cm³/mol. The lowest BCUT2D eigenvalue weighted by Gasteiger charge is -2.09. The van der Waals surface area contributed by atoms with Crippen molar-refractivity contribution in [1.29, 1.82) is 0 Å². The Morgan fingerprint density at radius 2 is 1.75 bits per heavy atom. The van der Waals surface area contributed by atoms with Crippen molar-refractivity contribution in [2.75, 3.05) is 0 Å². The van der Waals surface area contributed by atoms with Gasteiger partial charge in [-0.3, -0.25) is 4.79 Å². The van der Waals surface area contributed by atoms with E-state index in [1.807, 2.05) is 6.07 Å². The summed E-state index contributed by atoms with van der Waals surface area (Å²) in [5.41, 5.74) is 2.58. The quantitative estimate of drug-likeness (QED) is 0.674. The molecule has 5 nitrogen and oxygen atoms in total. The van der Waals surface area contributed by atoms with Crippen LogP contribution in [0.25, 0.3) is 0 Å². The fourth-order valence-corrected chi connectivity index (χ4v) is 1.88. The third-order valence-electron chi connectivity index (χ3n) is 3.03. The van der Waals surface area contributed by atoms with Crippen LogP contribution >= 0.6 is 0 Å². The second-order valence-electron chi connectivity index (χ2n) is 4.73. The molecule has 9 heteroatoms. The maximum Gasteiger partial charge on any atom is 0.431 e. The SMILES string of the molecule is FC(F)(F)C1=NNC(c2ccccc2)C1.O=Cc1ncc(F)cn1. The zero-order chi connectivity index (χ0) is 17.6. The Morgan fingerprint density at radius 3 is 2.25 bits per heavy atom. The Hall–Kier alpha value is -2.84. The van der Waals surface area contributed by atoms with Crippen LogP contribution in [0.1, 0.15) is 28.6 Å². The van der Waals surface area contributed by atoms with Crippen molar-refractivity contribution in [2.45, 2.75) is 18.6 Å². The minimum absolute atomic E-state index is 0.00333. The lowest BCUT2D eigenvalue weighted by molar-refractivity contribution is -0.0600. The third-order valence-corrected chi connectivity index (χ3v) is 3.03. The van der Waals surface area contributed by atoms with E-state index in [1.54, 1.807) is 24.3 Å². The first kappa shape index (κ1) is 17.5. The van der Waals surface area contributed by atoms with Crippen LogP contribution < -0.4 is 5.43 Å². The first-order valence-corrected chi connectivity index (χ1v) is 6.77. The summed E-state index contributed by atoms with van der Waals surface area (Å²) in [6.45, 7) is 0. The highest BCUT2D eigenvalue weighted by Gasteiger charge is 2.40. The highest BCUT2D eigenvalue weighted by molar-refractivity contribution is 5.91. The first-order valence-electron chi connectivity index (χ1n) is 6.77. The number of carbonyl (C=O) groups excluding carboxylic acids is 1. The summed E-state index contributed by atoms with van der Waals surface area (Å²) in [4.78, 5) is 16.6. The van der Waals surface area contributed by atoms with Crippen molar-refractivity contribution < 1.29 is 22.4 Å². The zero-order valence-electron chi connectivity index (χ0n) is 12.2. The highest BCUT2D eigenvalue weighted by Crippen LogP contribution is 2.29. The molecule has 0 saturated carbocycles. The summed E-state index contributed by atoms with van der Waals surface area (Å²) in [7, 11) is 0. The van der Waals surface area contributed by atoms with Crippen LogP contribution in [0.3, 0.4) is 0 Å². The maximum absolute atomic E-state index is 12.3. The third kappa shape index (κ3) is 4.83. The van der Waals surface area contributed by atoms with E-state index in [2.05, 4.69) is 20.5 Å². The molecule has 1 unspecified atom stereocenters. The molecule has 1 aliphatic rings. The van der Waals surface area contributed by atoms with Gasteiger partial charge < -0.3 is 5.43 Å². The summed E-state index contributed by atoms with van der Waals surface area (Å²) < 4.78 is 48.8. The molecule has 0 spiro atoms. The van der Waals surface area contributed by atoms with Crippen molar-refractivity contribution in [3.05, 3.63) is 59.9 Å². The van der Waals surface area contributed by atoms with Crippen molar-refractivity contribution in [3.63, 3.8) is 0 Å². The van der Waals surface area contributed by atoms with E-state index < -0.39 is 17.7 Å². The molecule has 0 aliphatic carbocycles. The van der Waals surface area contributed by atoms with Gasteiger partial charge >= 0.3 is 6.18 Å². The molecular formula is C15H12F4N4O. The van der Waals surface area contributed by atoms with Crippen molar-refractivity contribution in [1.82, 2.24) is 15.4 Å². The molecule has 0 radical (unpaired) electrons. The maximum atomic E-state index is 12.3. The Morgan fingerprint density at radius 1 is 1.12 bits per heavy atom. The minimum Gasteiger partial charge on any atom is -0.302 e. The standard InChI is InChI=1S/C10H9F3N2.C5H3FN2O/c11-10(12,13)9-6-8(14-15-9)7-4-2-1-3-5-7;6-4-1-7-5(3-9)8-2-4/h1-5,8,14H,6H2;1-3H. The molecule has 0 fully saturated rings. The van der Waals surface area contributed by atoms with Crippen LogP contribution in [0.2, 0.25) is 0 Å². The molecule has 0 amide bonds. The number of hydrogen-bond acceptors (Lipinski definition) is 5. The number of alkyl halides is 3. The Labute approximate surface area is 134 Å². The lowest BCUT2D eigenvalue weighted by Crippen LogP contribution is -2.21. The number of aromatic nitrogens is 2. The zero-order valence-corrected chi connectivity index (χ0v) is 12.2. The average Bonchev–Trinajstić information content (AvgIpc) is 3.07. The fraction of sp³-hybridized carbons (Fsp3) is 0.200. The van der Waals surface area contributed by atoms with E-state index >= 15 is 0 Å². The molecule has 0 saturated heterocycles. The fourth-order valence-electron chi connectivity index (χ4n) is 1.88. The summed E-state index contributed by atoms with van der Waals surface area (Å²) in [6, 6.07) is 8.62. The van der Waals surface area contributed by atoms with Crippen LogP contribution in [0, 0.1) is 5.82 Å². The molecule has 3 rings (SSSR count). The molecule has 1 N–H and O–H groups in total. The number of rotatable bonds is 2. The smallest absolute Gasteiger partial charge is 0.302 e. The molecular weight excluding hydrogens is 328 g/mol. The van der Waals surface area contributed by atoms with Crippen LogP contribution in [0.15, 0.2) is 47.8 Å². The van der Waals surface area contributed by atoms with Gasteiger partial charge in [-0.25, -0.2) is 14.4 Å². The van der Waals surface area contributed by atoms with Gasteiger partial charge in [0.25, 0.3) is 0 Å². The minimum atomic E-state index is -4.32. The number of carbonyl (C=O) groups is 1. The van der Waals surface area contributed by atoms with E-state index in [1.165, 1.54) is 0 Å². The highest BCUT2D eigenvalue weighted by atomic mass is 19.4. The van der Waals surface area contributed by atoms with Crippen molar-refractivity contribution in [3.8, 4) is 0 Å². The van der Waals surface area contributed by atoms with E-state index in [9.17, 15) is 22.4 Å². The Balaban J connectivity index is 0.000000198. The van der Waals surface area contributed by atoms with Crippen molar-refractivity contribution in [2.24, 2.45) is 5.10 Å². The Bertz CT molecular complexity index is 702. The first-order chi connectivity index (χ1) is 11.4. The summed E-state index contributed by atoms with van der Waals surface area (Å²) in [6.07, 6.45) is -2.09. The molecule has 2 heterocycles. The van der Waals surface area contributed by atoms with E-state index in [4.69, 9.17) is 0 Å². The summed E-state index contributed by atoms with van der Waals surface area (Å²) >= 11 is 0. The summed E-state index contributed by atoms with van der Waals surface area (Å²) in [5, 5.41) is 3.31. The van der Waals surface area contributed by atoms with Gasteiger partial charge in [-0.05, 0) is 5.56 Å².